The standard InChI is InChI=1S/C14H24N2O/c1-4-12-6-5-8-14(17,9-7-12)13-10-15-11(2)16(13)3/h10,12,17H,4-9H2,1-3H3. The molecular formula is C14H24N2O. The maximum Gasteiger partial charge on any atom is 0.106 e. The first-order chi connectivity index (χ1) is 8.07. The minimum atomic E-state index is -0.653. The second kappa shape index (κ2) is 4.81. The summed E-state index contributed by atoms with van der Waals surface area (Å²) in [6.45, 7) is 4.24. The van der Waals surface area contributed by atoms with Crippen molar-refractivity contribution in [1.82, 2.24) is 9.55 Å². The monoisotopic (exact) mass is 236 g/mol. The summed E-state index contributed by atoms with van der Waals surface area (Å²) in [6, 6.07) is 0. The fourth-order valence-electron chi connectivity index (χ4n) is 2.99. The number of aliphatic hydroxyl groups is 1. The first-order valence-corrected chi connectivity index (χ1v) is 6.78. The predicted octanol–water partition coefficient (Wildman–Crippen LogP) is 2.91. The Morgan fingerprint density at radius 1 is 1.47 bits per heavy atom. The molecule has 1 aromatic heterocycles. The lowest BCUT2D eigenvalue weighted by molar-refractivity contribution is 0.0125. The van der Waals surface area contributed by atoms with Crippen LogP contribution in [0.4, 0.5) is 0 Å². The van der Waals surface area contributed by atoms with E-state index in [9.17, 15) is 5.11 Å². The molecule has 2 unspecified atom stereocenters. The van der Waals surface area contributed by atoms with Gasteiger partial charge in [-0.2, -0.15) is 0 Å². The van der Waals surface area contributed by atoms with Crippen LogP contribution in [-0.4, -0.2) is 14.7 Å². The van der Waals surface area contributed by atoms with Crippen LogP contribution in [0.5, 0.6) is 0 Å². The predicted molar refractivity (Wildman–Crippen MR) is 68.7 cm³/mol. The van der Waals surface area contributed by atoms with E-state index in [-0.39, 0.29) is 0 Å². The van der Waals surface area contributed by atoms with Gasteiger partial charge in [0.05, 0.1) is 11.9 Å². The Morgan fingerprint density at radius 3 is 2.82 bits per heavy atom. The van der Waals surface area contributed by atoms with Crippen LogP contribution < -0.4 is 0 Å². The highest BCUT2D eigenvalue weighted by Gasteiger charge is 2.34. The molecule has 17 heavy (non-hydrogen) atoms. The van der Waals surface area contributed by atoms with Gasteiger partial charge in [0.25, 0.3) is 0 Å². The normalized spacial score (nSPS) is 30.2. The smallest absolute Gasteiger partial charge is 0.106 e. The summed E-state index contributed by atoms with van der Waals surface area (Å²) in [5.41, 5.74) is 0.340. The lowest BCUT2D eigenvalue weighted by Crippen LogP contribution is -2.27. The second-order valence-corrected chi connectivity index (χ2v) is 5.49. The lowest BCUT2D eigenvalue weighted by Gasteiger charge is -2.27. The molecule has 1 aromatic rings. The van der Waals surface area contributed by atoms with Crippen molar-refractivity contribution < 1.29 is 5.11 Å². The highest BCUT2D eigenvalue weighted by Crippen LogP contribution is 2.38. The van der Waals surface area contributed by atoms with E-state index in [0.29, 0.717) is 0 Å². The Hall–Kier alpha value is -0.830. The molecule has 96 valence electrons. The summed E-state index contributed by atoms with van der Waals surface area (Å²) in [4.78, 5) is 4.31. The van der Waals surface area contributed by atoms with Crippen molar-refractivity contribution in [3.8, 4) is 0 Å². The molecule has 1 saturated carbocycles. The van der Waals surface area contributed by atoms with Crippen molar-refractivity contribution >= 4 is 0 Å². The molecule has 0 saturated heterocycles. The van der Waals surface area contributed by atoms with Crippen molar-refractivity contribution in [2.24, 2.45) is 13.0 Å². The summed E-state index contributed by atoms with van der Waals surface area (Å²) >= 11 is 0. The third-order valence-corrected chi connectivity index (χ3v) is 4.44. The highest BCUT2D eigenvalue weighted by atomic mass is 16.3. The summed E-state index contributed by atoms with van der Waals surface area (Å²) in [7, 11) is 2.00. The molecule has 0 amide bonds. The molecule has 1 aliphatic rings. The Morgan fingerprint density at radius 2 is 2.24 bits per heavy atom. The molecule has 2 rings (SSSR count). The molecule has 1 aliphatic carbocycles. The fraction of sp³-hybridized carbons (Fsp3) is 0.786. The molecule has 0 spiro atoms. The van der Waals surface area contributed by atoms with Gasteiger partial charge in [-0.15, -0.1) is 0 Å². The van der Waals surface area contributed by atoms with Crippen molar-refractivity contribution in [3.63, 3.8) is 0 Å². The van der Waals surface area contributed by atoms with Gasteiger partial charge in [-0.3, -0.25) is 0 Å². The zero-order valence-electron chi connectivity index (χ0n) is 11.2. The van der Waals surface area contributed by atoms with Crippen molar-refractivity contribution in [1.29, 1.82) is 0 Å². The summed E-state index contributed by atoms with van der Waals surface area (Å²) in [5, 5.41) is 10.9. The van der Waals surface area contributed by atoms with Gasteiger partial charge < -0.3 is 9.67 Å². The van der Waals surface area contributed by atoms with Crippen molar-refractivity contribution in [2.75, 3.05) is 0 Å². The summed E-state index contributed by atoms with van der Waals surface area (Å²) in [5.74, 6) is 1.77. The van der Waals surface area contributed by atoms with E-state index in [1.807, 2.05) is 24.7 Å². The minimum Gasteiger partial charge on any atom is -0.384 e. The number of aryl methyl sites for hydroxylation is 1. The first-order valence-electron chi connectivity index (χ1n) is 6.78. The van der Waals surface area contributed by atoms with E-state index < -0.39 is 5.60 Å². The topological polar surface area (TPSA) is 38.1 Å². The Labute approximate surface area is 104 Å². The molecule has 0 bridgehead atoms. The van der Waals surface area contributed by atoms with E-state index in [1.54, 1.807) is 0 Å². The molecule has 3 heteroatoms. The zero-order chi connectivity index (χ0) is 12.5. The molecule has 3 nitrogen and oxygen atoms in total. The minimum absolute atomic E-state index is 0.653. The van der Waals surface area contributed by atoms with E-state index in [4.69, 9.17) is 0 Å². The van der Waals surface area contributed by atoms with Gasteiger partial charge in [-0.1, -0.05) is 19.8 Å². The van der Waals surface area contributed by atoms with Gasteiger partial charge in [0.15, 0.2) is 0 Å². The van der Waals surface area contributed by atoms with Gasteiger partial charge >= 0.3 is 0 Å². The molecule has 1 N–H and O–H groups in total. The maximum atomic E-state index is 10.9. The van der Waals surface area contributed by atoms with E-state index in [0.717, 1.165) is 43.1 Å². The zero-order valence-corrected chi connectivity index (χ0v) is 11.2. The maximum absolute atomic E-state index is 10.9. The SMILES string of the molecule is CCC1CCCC(O)(c2cnc(C)n2C)CC1. The highest BCUT2D eigenvalue weighted by molar-refractivity contribution is 5.14. The number of hydrogen-bond acceptors (Lipinski definition) is 2. The van der Waals surface area contributed by atoms with Gasteiger partial charge in [0, 0.05) is 7.05 Å². The van der Waals surface area contributed by atoms with Crippen LogP contribution in [0.25, 0.3) is 0 Å². The van der Waals surface area contributed by atoms with Crippen LogP contribution in [-0.2, 0) is 12.6 Å². The number of nitrogens with zero attached hydrogens (tertiary/aromatic N) is 2. The number of rotatable bonds is 2. The lowest BCUT2D eigenvalue weighted by atomic mass is 9.90. The van der Waals surface area contributed by atoms with Crippen LogP contribution >= 0.6 is 0 Å². The van der Waals surface area contributed by atoms with Crippen LogP contribution in [0.1, 0.15) is 57.0 Å². The second-order valence-electron chi connectivity index (χ2n) is 5.49. The average molecular weight is 236 g/mol. The third-order valence-electron chi connectivity index (χ3n) is 4.44. The molecular weight excluding hydrogens is 212 g/mol. The van der Waals surface area contributed by atoms with Crippen molar-refractivity contribution in [3.05, 3.63) is 17.7 Å². The first kappa shape index (κ1) is 12.6. The quantitative estimate of drug-likeness (QED) is 0.802. The molecule has 1 heterocycles. The molecule has 1 fully saturated rings. The summed E-state index contributed by atoms with van der Waals surface area (Å²) < 4.78 is 2.03. The largest absolute Gasteiger partial charge is 0.384 e. The van der Waals surface area contributed by atoms with Gasteiger partial charge in [0.1, 0.15) is 11.4 Å². The van der Waals surface area contributed by atoms with Crippen molar-refractivity contribution in [2.45, 2.75) is 58.0 Å². The number of hydrogen-bond donors (Lipinski definition) is 1. The van der Waals surface area contributed by atoms with Crippen LogP contribution in [0.2, 0.25) is 0 Å². The third kappa shape index (κ3) is 2.39. The van der Waals surface area contributed by atoms with Crippen LogP contribution in [0.15, 0.2) is 6.20 Å². The molecule has 0 aliphatic heterocycles. The number of imidazole rings is 1. The van der Waals surface area contributed by atoms with Gasteiger partial charge in [-0.05, 0) is 38.5 Å². The van der Waals surface area contributed by atoms with Crippen LogP contribution in [0.3, 0.4) is 0 Å². The van der Waals surface area contributed by atoms with Gasteiger partial charge in [-0.25, -0.2) is 4.98 Å². The Kier molecular flexibility index (Phi) is 3.57. The summed E-state index contributed by atoms with van der Waals surface area (Å²) in [6.07, 6.45) is 8.36. The Balaban J connectivity index is 2.21. The fourth-order valence-corrected chi connectivity index (χ4v) is 2.99. The number of aromatic nitrogens is 2. The Bertz CT molecular complexity index is 386. The molecule has 2 atom stereocenters. The van der Waals surface area contributed by atoms with Gasteiger partial charge in [0.2, 0.25) is 0 Å². The van der Waals surface area contributed by atoms with E-state index in [2.05, 4.69) is 11.9 Å². The van der Waals surface area contributed by atoms with E-state index in [1.165, 1.54) is 12.8 Å². The van der Waals surface area contributed by atoms with E-state index >= 15 is 0 Å². The molecule has 0 radical (unpaired) electrons. The molecule has 0 aromatic carbocycles. The average Bonchev–Trinajstić information content (AvgIpc) is 2.54. The van der Waals surface area contributed by atoms with Crippen LogP contribution in [0, 0.1) is 12.8 Å².